The van der Waals surface area contributed by atoms with Gasteiger partial charge in [-0.05, 0) is 219 Å². The minimum atomic E-state index is -0.134. The van der Waals surface area contributed by atoms with E-state index in [0.29, 0.717) is 0 Å². The van der Waals surface area contributed by atoms with Crippen LogP contribution < -0.4 is 31.1 Å². The van der Waals surface area contributed by atoms with Crippen LogP contribution in [-0.4, -0.2) is 12.3 Å². The maximum absolute atomic E-state index is 7.81. The highest BCUT2D eigenvalue weighted by Crippen LogP contribution is 2.64. The van der Waals surface area contributed by atoms with Crippen molar-refractivity contribution >= 4 is 79.8 Å². The second-order valence-electron chi connectivity index (χ2n) is 31.2. The molecule has 78 heavy (non-hydrogen) atoms. The summed E-state index contributed by atoms with van der Waals surface area (Å²) in [6.07, 6.45) is 13.2. The number of hydrogen-bond donors (Lipinski definition) is 0. The molecular weight excluding hydrogens is 946 g/mol. The second-order valence-corrected chi connectivity index (χ2v) is 31.2. The van der Waals surface area contributed by atoms with Crippen molar-refractivity contribution < 1.29 is 4.42 Å². The van der Waals surface area contributed by atoms with E-state index in [9.17, 15) is 0 Å². The molecule has 0 spiro atoms. The summed E-state index contributed by atoms with van der Waals surface area (Å²) in [5.41, 5.74) is 26.2. The number of rotatable bonds is 3. The van der Waals surface area contributed by atoms with Gasteiger partial charge in [-0.2, -0.15) is 0 Å². The van der Waals surface area contributed by atoms with Crippen molar-refractivity contribution in [2.24, 2.45) is 0 Å². The number of para-hydroxylation sites is 1. The lowest BCUT2D eigenvalue weighted by Gasteiger charge is -2.51. The number of nitrogens with zero attached hydrogens (tertiary/aromatic N) is 3. The van der Waals surface area contributed by atoms with E-state index in [1.807, 2.05) is 0 Å². The van der Waals surface area contributed by atoms with Gasteiger partial charge in [0, 0.05) is 56.1 Å². The number of fused-ring (bicyclic) bond motifs is 16. The molecule has 2 saturated carbocycles. The van der Waals surface area contributed by atoms with Crippen LogP contribution in [0.3, 0.4) is 0 Å². The van der Waals surface area contributed by atoms with E-state index < -0.39 is 0 Å². The molecule has 6 aromatic carbocycles. The highest BCUT2D eigenvalue weighted by atomic mass is 16.4. The summed E-state index contributed by atoms with van der Waals surface area (Å²) >= 11 is 0. The van der Waals surface area contributed by atoms with Crippen molar-refractivity contribution in [1.82, 2.24) is 0 Å². The van der Waals surface area contributed by atoms with Gasteiger partial charge in [-0.3, -0.25) is 4.90 Å². The summed E-state index contributed by atoms with van der Waals surface area (Å²) in [6.45, 7) is 37.2. The molecule has 0 N–H and O–H groups in total. The van der Waals surface area contributed by atoms with Gasteiger partial charge >= 0.3 is 0 Å². The van der Waals surface area contributed by atoms with Crippen LogP contribution in [0.5, 0.6) is 0 Å². The average Bonchev–Trinajstić information content (AvgIpc) is 3.41. The fourth-order valence-electron chi connectivity index (χ4n) is 18.3. The van der Waals surface area contributed by atoms with Crippen LogP contribution in [0, 0.1) is 0 Å². The van der Waals surface area contributed by atoms with Crippen molar-refractivity contribution in [3.05, 3.63) is 148 Å². The van der Waals surface area contributed by atoms with Crippen LogP contribution >= 0.6 is 0 Å². The zero-order chi connectivity index (χ0) is 54.4. The van der Waals surface area contributed by atoms with Crippen molar-refractivity contribution in [2.75, 3.05) is 14.7 Å². The van der Waals surface area contributed by atoms with Crippen molar-refractivity contribution in [3.63, 3.8) is 0 Å². The van der Waals surface area contributed by atoms with Gasteiger partial charge < -0.3 is 14.2 Å². The first-order valence-corrected chi connectivity index (χ1v) is 30.4. The Morgan fingerprint density at radius 3 is 1.64 bits per heavy atom. The summed E-state index contributed by atoms with van der Waals surface area (Å²) in [7, 11) is 0. The quantitative estimate of drug-likeness (QED) is 0.165. The Hall–Kier alpha value is -5.68. The lowest BCUT2D eigenvalue weighted by Crippen LogP contribution is -2.61. The monoisotopic (exact) mass is 1030 g/mol. The molecule has 7 aromatic rings. The van der Waals surface area contributed by atoms with Crippen LogP contribution in [0.25, 0.3) is 11.0 Å². The highest BCUT2D eigenvalue weighted by Gasteiger charge is 2.59. The third kappa shape index (κ3) is 6.32. The van der Waals surface area contributed by atoms with Gasteiger partial charge in [0.05, 0.1) is 5.54 Å². The Bertz CT molecular complexity index is 3790. The van der Waals surface area contributed by atoms with E-state index in [2.05, 4.69) is 222 Å². The first-order chi connectivity index (χ1) is 36.7. The molecule has 4 heterocycles. The molecule has 3 aliphatic heterocycles. The minimum absolute atomic E-state index is 0.00213. The van der Waals surface area contributed by atoms with E-state index in [0.717, 1.165) is 24.3 Å². The molecule has 4 atom stereocenters. The summed E-state index contributed by atoms with van der Waals surface area (Å²) < 4.78 is 7.81. The van der Waals surface area contributed by atoms with Gasteiger partial charge in [-0.1, -0.05) is 152 Å². The van der Waals surface area contributed by atoms with Gasteiger partial charge in [0.25, 0.3) is 6.71 Å². The largest absolute Gasteiger partial charge is 0.440 e. The smallest absolute Gasteiger partial charge is 0.257 e. The number of furan rings is 1. The number of anilines is 8. The average molecular weight is 1030 g/mol. The van der Waals surface area contributed by atoms with Crippen LogP contribution in [0.1, 0.15) is 219 Å². The third-order valence-corrected chi connectivity index (χ3v) is 23.4. The standard InChI is InChI=1S/C73H84BN3O/c1-65(2,3)44-22-27-56-58(36-44)75(45-23-25-49-52(37-45)68(8,9)32-30-66(49,4)5)59-39-47(77-57-21-17-16-20-51(57)72(14)28-18-19-29-73(72,77)15)40-60-63(59)74(56)62-48-41-54-55(71(13)35-34-70(54,12)43-71)42-61(48)78-64(62)76(60)46-24-26-50-53(38-46)69(10,11)33-31-67(50,6)7/h16-17,20-27,36-42H,18-19,28-35,43H2,1-15H3. The molecule has 8 aliphatic rings. The second kappa shape index (κ2) is 15.2. The zero-order valence-electron chi connectivity index (χ0n) is 49.9. The van der Waals surface area contributed by atoms with Gasteiger partial charge in [-0.15, -0.1) is 0 Å². The summed E-state index contributed by atoms with van der Waals surface area (Å²) in [5.74, 6) is 0.984. The van der Waals surface area contributed by atoms with Gasteiger partial charge in [0.1, 0.15) is 5.58 Å². The SMILES string of the molecule is CC(C)(C)c1ccc2c(c1)N(c1ccc3c(c1)C(C)(C)CCC3(C)C)c1cc(N3c4ccccc4C4(C)CCCCC34C)cc3c1B2c1c(oc2cc4c(cc12)C1(C)CCC4(C)C1)N3c1ccc2c(c1)C(C)(C)CCC2(C)C. The molecule has 400 valence electrons. The topological polar surface area (TPSA) is 22.9 Å². The normalized spacial score (nSPS) is 27.9. The Balaban J connectivity index is 1.09. The van der Waals surface area contributed by atoms with Crippen molar-refractivity contribution in [2.45, 2.75) is 223 Å². The van der Waals surface area contributed by atoms with E-state index in [4.69, 9.17) is 4.42 Å². The molecule has 15 rings (SSSR count). The van der Waals surface area contributed by atoms with Crippen molar-refractivity contribution in [3.8, 4) is 0 Å². The van der Waals surface area contributed by atoms with Gasteiger partial charge in [0.15, 0.2) is 0 Å². The van der Waals surface area contributed by atoms with E-state index >= 15 is 0 Å². The van der Waals surface area contributed by atoms with Crippen LogP contribution in [0.2, 0.25) is 0 Å². The molecule has 4 unspecified atom stereocenters. The van der Waals surface area contributed by atoms with Crippen molar-refractivity contribution in [1.29, 1.82) is 0 Å². The summed E-state index contributed by atoms with van der Waals surface area (Å²) in [6, 6.07) is 42.7. The third-order valence-electron chi connectivity index (χ3n) is 23.4. The van der Waals surface area contributed by atoms with Crippen LogP contribution in [0.4, 0.5) is 45.7 Å². The predicted molar refractivity (Wildman–Crippen MR) is 331 cm³/mol. The molecule has 4 nitrogen and oxygen atoms in total. The first kappa shape index (κ1) is 49.4. The molecule has 0 saturated heterocycles. The molecule has 2 bridgehead atoms. The molecular formula is C73H84BN3O. The molecule has 5 aliphatic carbocycles. The van der Waals surface area contributed by atoms with Gasteiger partial charge in [0.2, 0.25) is 5.88 Å². The molecule has 5 heteroatoms. The Labute approximate surface area is 467 Å². The molecule has 2 fully saturated rings. The van der Waals surface area contributed by atoms with E-state index in [1.54, 1.807) is 5.56 Å². The predicted octanol–water partition coefficient (Wildman–Crippen LogP) is 18.0. The highest BCUT2D eigenvalue weighted by molar-refractivity contribution is 7.01. The van der Waals surface area contributed by atoms with Gasteiger partial charge in [-0.25, -0.2) is 0 Å². The maximum atomic E-state index is 7.81. The molecule has 0 radical (unpaired) electrons. The van der Waals surface area contributed by atoms with Crippen LogP contribution in [-0.2, 0) is 43.3 Å². The fourth-order valence-corrected chi connectivity index (χ4v) is 18.3. The number of benzene rings is 6. The number of hydrogen-bond acceptors (Lipinski definition) is 4. The Kier molecular flexibility index (Phi) is 9.62. The van der Waals surface area contributed by atoms with Crippen LogP contribution in [0.15, 0.2) is 108 Å². The summed E-state index contributed by atoms with van der Waals surface area (Å²) in [5, 5.41) is 1.28. The lowest BCUT2D eigenvalue weighted by molar-refractivity contribution is 0.195. The summed E-state index contributed by atoms with van der Waals surface area (Å²) in [4.78, 5) is 8.21. The van der Waals surface area contributed by atoms with E-state index in [1.165, 1.54) is 158 Å². The fraction of sp³-hybridized carbons (Fsp3) is 0.479. The Morgan fingerprint density at radius 1 is 0.449 bits per heavy atom. The zero-order valence-corrected chi connectivity index (χ0v) is 49.9. The lowest BCUT2D eigenvalue weighted by atomic mass is 9.33. The minimum Gasteiger partial charge on any atom is -0.440 e. The Morgan fingerprint density at radius 2 is 1.01 bits per heavy atom. The van der Waals surface area contributed by atoms with E-state index in [-0.39, 0.29) is 55.6 Å². The first-order valence-electron chi connectivity index (χ1n) is 30.4. The maximum Gasteiger partial charge on any atom is 0.257 e. The molecule has 0 amide bonds. The molecule has 1 aromatic heterocycles.